The number of anilines is 1. The summed E-state index contributed by atoms with van der Waals surface area (Å²) < 4.78 is 20.4. The van der Waals surface area contributed by atoms with E-state index in [1.165, 1.54) is 10.9 Å². The largest absolute Gasteiger partial charge is 0.393 e. The van der Waals surface area contributed by atoms with Crippen molar-refractivity contribution in [3.05, 3.63) is 12.4 Å². The maximum Gasteiger partial charge on any atom is 0.312 e. The minimum atomic E-state index is -1.34. The molecule has 1 fully saturated rings. The summed E-state index contributed by atoms with van der Waals surface area (Å²) >= 11 is 0. The first-order valence-corrected chi connectivity index (χ1v) is 7.24. The standard InChI is InChI=1S/C13H18FN5O4/c1-2-3-13(4-20)8(22)7(21)11(23-13)19-5-16-6-9(15)17-12(14)18-10(6)19/h5,7-8,11,20-22H,2-4H2,1H3,(H2,15,17,18)/t7-,8+,11-,13-/m1/s1. The van der Waals surface area contributed by atoms with Crippen molar-refractivity contribution in [1.29, 1.82) is 0 Å². The minimum Gasteiger partial charge on any atom is -0.393 e. The molecular formula is C13H18FN5O4. The molecule has 5 N–H and O–H groups in total. The highest BCUT2D eigenvalue weighted by atomic mass is 19.1. The number of aromatic nitrogens is 4. The predicted octanol–water partition coefficient (Wildman–Crippen LogP) is -0.671. The Kier molecular flexibility index (Phi) is 3.92. The Labute approximate surface area is 130 Å². The number of nitrogens with zero attached hydrogens (tertiary/aromatic N) is 4. The Bertz CT molecular complexity index is 726. The number of imidazole rings is 1. The molecule has 3 rings (SSSR count). The zero-order chi connectivity index (χ0) is 16.8. The molecule has 2 aromatic rings. The molecule has 4 atom stereocenters. The molecule has 0 aromatic carbocycles. The van der Waals surface area contributed by atoms with Crippen LogP contribution >= 0.6 is 0 Å². The van der Waals surface area contributed by atoms with Crippen LogP contribution in [0.4, 0.5) is 10.2 Å². The van der Waals surface area contributed by atoms with Crippen molar-refractivity contribution < 1.29 is 24.4 Å². The lowest BCUT2D eigenvalue weighted by molar-refractivity contribution is -0.131. The first-order valence-electron chi connectivity index (χ1n) is 7.24. The van der Waals surface area contributed by atoms with E-state index in [1.807, 2.05) is 6.92 Å². The number of nitrogens with two attached hydrogens (primary N) is 1. The third-order valence-electron chi connectivity index (χ3n) is 4.15. The van der Waals surface area contributed by atoms with Crippen molar-refractivity contribution in [1.82, 2.24) is 19.5 Å². The van der Waals surface area contributed by atoms with Crippen LogP contribution in [0.1, 0.15) is 26.0 Å². The number of aliphatic hydroxyl groups excluding tert-OH is 3. The fourth-order valence-corrected chi connectivity index (χ4v) is 3.01. The van der Waals surface area contributed by atoms with Gasteiger partial charge in [0.25, 0.3) is 0 Å². The molecule has 0 bridgehead atoms. The van der Waals surface area contributed by atoms with Gasteiger partial charge in [-0.1, -0.05) is 13.3 Å². The molecule has 2 aromatic heterocycles. The number of nitrogen functional groups attached to an aromatic ring is 1. The van der Waals surface area contributed by atoms with Gasteiger partial charge in [-0.3, -0.25) is 4.57 Å². The molecule has 1 saturated heterocycles. The van der Waals surface area contributed by atoms with E-state index in [0.717, 1.165) is 0 Å². The summed E-state index contributed by atoms with van der Waals surface area (Å²) in [7, 11) is 0. The van der Waals surface area contributed by atoms with Crippen molar-refractivity contribution in [2.45, 2.75) is 43.8 Å². The van der Waals surface area contributed by atoms with Gasteiger partial charge in [-0.15, -0.1) is 0 Å². The molecule has 3 heterocycles. The van der Waals surface area contributed by atoms with Gasteiger partial charge in [-0.05, 0) is 6.42 Å². The Morgan fingerprint density at radius 2 is 2.17 bits per heavy atom. The maximum atomic E-state index is 13.4. The van der Waals surface area contributed by atoms with Crippen molar-refractivity contribution in [3.8, 4) is 0 Å². The van der Waals surface area contributed by atoms with Crippen LogP contribution in [0.25, 0.3) is 11.2 Å². The van der Waals surface area contributed by atoms with Crippen LogP contribution in [0.15, 0.2) is 6.33 Å². The Morgan fingerprint density at radius 1 is 1.43 bits per heavy atom. The van der Waals surface area contributed by atoms with Crippen molar-refractivity contribution >= 4 is 17.0 Å². The van der Waals surface area contributed by atoms with Gasteiger partial charge >= 0.3 is 6.08 Å². The van der Waals surface area contributed by atoms with Gasteiger partial charge in [0.1, 0.15) is 17.8 Å². The van der Waals surface area contributed by atoms with Gasteiger partial charge in [0, 0.05) is 0 Å². The summed E-state index contributed by atoms with van der Waals surface area (Å²) in [6.45, 7) is 1.40. The number of rotatable bonds is 4. The molecule has 0 saturated carbocycles. The molecule has 10 heteroatoms. The SMILES string of the molecule is CCC[C@]1(CO)O[C@@H](n2cnc3c(N)nc(F)nc32)[C@H](O)[C@@H]1O. The lowest BCUT2D eigenvalue weighted by Crippen LogP contribution is -2.46. The summed E-state index contributed by atoms with van der Waals surface area (Å²) in [5, 5.41) is 30.2. The van der Waals surface area contributed by atoms with Gasteiger partial charge in [0.15, 0.2) is 23.2 Å². The smallest absolute Gasteiger partial charge is 0.312 e. The van der Waals surface area contributed by atoms with Crippen LogP contribution < -0.4 is 5.73 Å². The third kappa shape index (κ3) is 2.34. The van der Waals surface area contributed by atoms with Crippen molar-refractivity contribution in [2.24, 2.45) is 0 Å². The monoisotopic (exact) mass is 327 g/mol. The highest BCUT2D eigenvalue weighted by Gasteiger charge is 2.54. The van der Waals surface area contributed by atoms with E-state index in [4.69, 9.17) is 10.5 Å². The zero-order valence-corrected chi connectivity index (χ0v) is 12.4. The van der Waals surface area contributed by atoms with Crippen LogP contribution in [-0.4, -0.2) is 59.3 Å². The average Bonchev–Trinajstić information content (AvgIpc) is 3.03. The van der Waals surface area contributed by atoms with E-state index in [2.05, 4.69) is 15.0 Å². The molecule has 1 aliphatic heterocycles. The average molecular weight is 327 g/mol. The lowest BCUT2D eigenvalue weighted by Gasteiger charge is -2.29. The van der Waals surface area contributed by atoms with E-state index in [0.29, 0.717) is 12.8 Å². The normalized spacial score (nSPS) is 31.1. The third-order valence-corrected chi connectivity index (χ3v) is 4.15. The molecule has 1 aliphatic rings. The molecule has 0 radical (unpaired) electrons. The number of halogens is 1. The summed E-state index contributed by atoms with van der Waals surface area (Å²) in [6, 6.07) is 0. The number of ether oxygens (including phenoxy) is 1. The quantitative estimate of drug-likeness (QED) is 0.542. The fourth-order valence-electron chi connectivity index (χ4n) is 3.01. The molecule has 0 spiro atoms. The van der Waals surface area contributed by atoms with Crippen LogP contribution in [0.3, 0.4) is 0 Å². The minimum absolute atomic E-state index is 0.0384. The highest BCUT2D eigenvalue weighted by molar-refractivity contribution is 5.81. The van der Waals surface area contributed by atoms with Crippen LogP contribution in [-0.2, 0) is 4.74 Å². The number of aliphatic hydroxyl groups is 3. The maximum absolute atomic E-state index is 13.4. The van der Waals surface area contributed by atoms with Gasteiger partial charge in [0.05, 0.1) is 12.9 Å². The van der Waals surface area contributed by atoms with Crippen molar-refractivity contribution in [2.75, 3.05) is 12.3 Å². The Balaban J connectivity index is 2.06. The summed E-state index contributed by atoms with van der Waals surface area (Å²) in [6.07, 6.45) is -2.52. The Morgan fingerprint density at radius 3 is 2.83 bits per heavy atom. The van der Waals surface area contributed by atoms with Gasteiger partial charge in [-0.25, -0.2) is 4.98 Å². The zero-order valence-electron chi connectivity index (χ0n) is 12.4. The number of hydrogen-bond acceptors (Lipinski definition) is 8. The van der Waals surface area contributed by atoms with E-state index in [-0.39, 0.29) is 17.0 Å². The number of hydrogen-bond donors (Lipinski definition) is 4. The topological polar surface area (TPSA) is 140 Å². The van der Waals surface area contributed by atoms with Gasteiger partial charge in [0.2, 0.25) is 0 Å². The van der Waals surface area contributed by atoms with Crippen LogP contribution in [0, 0.1) is 6.08 Å². The summed E-state index contributed by atoms with van der Waals surface area (Å²) in [4.78, 5) is 11.0. The lowest BCUT2D eigenvalue weighted by atomic mass is 9.91. The van der Waals surface area contributed by atoms with E-state index in [9.17, 15) is 19.7 Å². The van der Waals surface area contributed by atoms with E-state index in [1.54, 1.807) is 0 Å². The second-order valence-electron chi connectivity index (χ2n) is 5.62. The van der Waals surface area contributed by atoms with Crippen molar-refractivity contribution in [3.63, 3.8) is 0 Å². The molecule has 126 valence electrons. The van der Waals surface area contributed by atoms with Crippen LogP contribution in [0.5, 0.6) is 0 Å². The molecule has 0 unspecified atom stereocenters. The fraction of sp³-hybridized carbons (Fsp3) is 0.615. The first kappa shape index (κ1) is 16.0. The molecule has 23 heavy (non-hydrogen) atoms. The highest BCUT2D eigenvalue weighted by Crippen LogP contribution is 2.40. The molecule has 9 nitrogen and oxygen atoms in total. The molecule has 0 aliphatic carbocycles. The first-order chi connectivity index (χ1) is 10.9. The van der Waals surface area contributed by atoms with Gasteiger partial charge < -0.3 is 25.8 Å². The van der Waals surface area contributed by atoms with E-state index >= 15 is 0 Å². The van der Waals surface area contributed by atoms with Gasteiger partial charge in [-0.2, -0.15) is 14.4 Å². The predicted molar refractivity (Wildman–Crippen MR) is 76.6 cm³/mol. The molecular weight excluding hydrogens is 309 g/mol. The summed E-state index contributed by atoms with van der Waals surface area (Å²) in [5.41, 5.74) is 4.50. The van der Waals surface area contributed by atoms with Crippen LogP contribution in [0.2, 0.25) is 0 Å². The summed E-state index contributed by atoms with van der Waals surface area (Å²) in [5.74, 6) is -0.138. The Hall–Kier alpha value is -1.88. The molecule has 0 amide bonds. The number of fused-ring (bicyclic) bond motifs is 1. The second-order valence-corrected chi connectivity index (χ2v) is 5.62. The second kappa shape index (κ2) is 5.64. The van der Waals surface area contributed by atoms with E-state index < -0.39 is 36.7 Å².